The topological polar surface area (TPSA) is 3.24 Å². The Bertz CT molecular complexity index is 395. The van der Waals surface area contributed by atoms with E-state index >= 15 is 0 Å². The number of aryl methyl sites for hydroxylation is 2. The van der Waals surface area contributed by atoms with E-state index in [0.717, 1.165) is 12.5 Å². The molecule has 0 saturated carbocycles. The monoisotopic (exact) mass is 201 g/mol. The summed E-state index contributed by atoms with van der Waals surface area (Å²) in [7, 11) is 2.25. The molecule has 1 aromatic rings. The van der Waals surface area contributed by atoms with Crippen LogP contribution in [0.4, 0.5) is 0 Å². The van der Waals surface area contributed by atoms with Gasteiger partial charge in [0, 0.05) is 13.1 Å². The van der Waals surface area contributed by atoms with Gasteiger partial charge >= 0.3 is 0 Å². The molecule has 0 amide bonds. The molecule has 3 rings (SSSR count). The Hall–Kier alpha value is -0.820. The highest BCUT2D eigenvalue weighted by molar-refractivity contribution is 5.44. The third kappa shape index (κ3) is 1.50. The van der Waals surface area contributed by atoms with E-state index in [-0.39, 0.29) is 0 Å². The average molecular weight is 201 g/mol. The Balaban J connectivity index is 2.16. The largest absolute Gasteiger partial charge is 0.301 e. The SMILES string of the molecule is Cc1cc2c3c(c1)CN(C)CC3CCC2. The summed E-state index contributed by atoms with van der Waals surface area (Å²) >= 11 is 0. The Morgan fingerprint density at radius 2 is 2.07 bits per heavy atom. The highest BCUT2D eigenvalue weighted by Crippen LogP contribution is 2.38. The zero-order valence-corrected chi connectivity index (χ0v) is 9.71. The maximum absolute atomic E-state index is 2.47. The van der Waals surface area contributed by atoms with Gasteiger partial charge in [-0.05, 0) is 55.8 Å². The van der Waals surface area contributed by atoms with Gasteiger partial charge in [-0.3, -0.25) is 0 Å². The lowest BCUT2D eigenvalue weighted by Crippen LogP contribution is -2.33. The summed E-state index contributed by atoms with van der Waals surface area (Å²) in [6.45, 7) is 4.65. The van der Waals surface area contributed by atoms with Crippen molar-refractivity contribution in [3.63, 3.8) is 0 Å². The first-order chi connectivity index (χ1) is 7.24. The minimum Gasteiger partial charge on any atom is -0.301 e. The molecule has 1 nitrogen and oxygen atoms in total. The van der Waals surface area contributed by atoms with Crippen LogP contribution in [0.5, 0.6) is 0 Å². The lowest BCUT2D eigenvalue weighted by atomic mass is 9.77. The first-order valence-electron chi connectivity index (χ1n) is 6.05. The molecule has 0 N–H and O–H groups in total. The van der Waals surface area contributed by atoms with Crippen molar-refractivity contribution in [3.8, 4) is 0 Å². The van der Waals surface area contributed by atoms with Crippen molar-refractivity contribution in [2.75, 3.05) is 13.6 Å². The standard InChI is InChI=1S/C14H19N/c1-10-6-11-4-3-5-12-8-15(2)9-13(7-10)14(11)12/h6-7,12H,3-5,8-9H2,1-2H3. The summed E-state index contributed by atoms with van der Waals surface area (Å²) in [5.74, 6) is 0.822. The molecule has 80 valence electrons. The van der Waals surface area contributed by atoms with Gasteiger partial charge in [0.25, 0.3) is 0 Å². The molecule has 1 aliphatic heterocycles. The average Bonchev–Trinajstić information content (AvgIpc) is 2.16. The molecule has 0 fully saturated rings. The van der Waals surface area contributed by atoms with Crippen LogP contribution in [0.1, 0.15) is 41.0 Å². The van der Waals surface area contributed by atoms with E-state index in [2.05, 4.69) is 31.0 Å². The lowest BCUT2D eigenvalue weighted by molar-refractivity contribution is 0.266. The molecule has 1 atom stereocenters. The molecule has 0 saturated heterocycles. The first kappa shape index (κ1) is 9.41. The maximum atomic E-state index is 2.47. The number of hydrogen-bond donors (Lipinski definition) is 0. The van der Waals surface area contributed by atoms with Crippen LogP contribution in [-0.2, 0) is 13.0 Å². The van der Waals surface area contributed by atoms with Gasteiger partial charge in [0.05, 0.1) is 0 Å². The Kier molecular flexibility index (Phi) is 2.10. The highest BCUT2D eigenvalue weighted by Gasteiger charge is 2.28. The van der Waals surface area contributed by atoms with Crippen molar-refractivity contribution < 1.29 is 0 Å². The maximum Gasteiger partial charge on any atom is 0.0233 e. The van der Waals surface area contributed by atoms with Crippen molar-refractivity contribution in [2.45, 2.75) is 38.6 Å². The van der Waals surface area contributed by atoms with Crippen LogP contribution in [0.25, 0.3) is 0 Å². The van der Waals surface area contributed by atoms with Gasteiger partial charge < -0.3 is 4.90 Å². The van der Waals surface area contributed by atoms with Crippen molar-refractivity contribution in [3.05, 3.63) is 34.4 Å². The second kappa shape index (κ2) is 3.34. The molecule has 0 aromatic heterocycles. The summed E-state index contributed by atoms with van der Waals surface area (Å²) in [5.41, 5.74) is 6.41. The molecular weight excluding hydrogens is 182 g/mol. The molecular formula is C14H19N. The lowest BCUT2D eigenvalue weighted by Gasteiger charge is -2.37. The van der Waals surface area contributed by atoms with Crippen molar-refractivity contribution in [1.82, 2.24) is 4.90 Å². The molecule has 1 heterocycles. The van der Waals surface area contributed by atoms with E-state index in [1.807, 2.05) is 0 Å². The Labute approximate surface area is 92.1 Å². The van der Waals surface area contributed by atoms with Gasteiger partial charge in [0.2, 0.25) is 0 Å². The third-order valence-corrected chi connectivity index (χ3v) is 3.87. The fourth-order valence-corrected chi connectivity index (χ4v) is 3.41. The molecule has 2 aliphatic rings. The molecule has 0 bridgehead atoms. The van der Waals surface area contributed by atoms with Crippen molar-refractivity contribution in [2.24, 2.45) is 0 Å². The van der Waals surface area contributed by atoms with E-state index in [0.29, 0.717) is 0 Å². The zero-order chi connectivity index (χ0) is 10.4. The van der Waals surface area contributed by atoms with Gasteiger partial charge in [-0.25, -0.2) is 0 Å². The number of nitrogens with zero attached hydrogens (tertiary/aromatic N) is 1. The normalized spacial score (nSPS) is 25.1. The van der Waals surface area contributed by atoms with E-state index in [1.54, 1.807) is 16.7 Å². The first-order valence-corrected chi connectivity index (χ1v) is 6.05. The molecule has 15 heavy (non-hydrogen) atoms. The van der Waals surface area contributed by atoms with Crippen LogP contribution < -0.4 is 0 Å². The van der Waals surface area contributed by atoms with Crippen LogP contribution in [0.15, 0.2) is 12.1 Å². The molecule has 1 unspecified atom stereocenters. The van der Waals surface area contributed by atoms with Crippen LogP contribution in [-0.4, -0.2) is 18.5 Å². The van der Waals surface area contributed by atoms with Crippen molar-refractivity contribution >= 4 is 0 Å². The number of likely N-dealkylation sites (N-methyl/N-ethyl adjacent to an activating group) is 1. The minimum absolute atomic E-state index is 0.822. The zero-order valence-electron chi connectivity index (χ0n) is 9.71. The third-order valence-electron chi connectivity index (χ3n) is 3.87. The molecule has 1 heteroatoms. The Morgan fingerprint density at radius 1 is 1.27 bits per heavy atom. The van der Waals surface area contributed by atoms with Gasteiger partial charge in [-0.2, -0.15) is 0 Å². The van der Waals surface area contributed by atoms with E-state index in [4.69, 9.17) is 0 Å². The second-order valence-electron chi connectivity index (χ2n) is 5.28. The summed E-state index contributed by atoms with van der Waals surface area (Å²) in [5, 5.41) is 0. The summed E-state index contributed by atoms with van der Waals surface area (Å²) < 4.78 is 0. The number of hydrogen-bond acceptors (Lipinski definition) is 1. The highest BCUT2D eigenvalue weighted by atomic mass is 15.1. The van der Waals surface area contributed by atoms with Gasteiger partial charge in [-0.1, -0.05) is 17.7 Å². The fourth-order valence-electron chi connectivity index (χ4n) is 3.41. The second-order valence-corrected chi connectivity index (χ2v) is 5.28. The predicted octanol–water partition coefficient (Wildman–Crippen LogP) is 2.86. The molecule has 0 radical (unpaired) electrons. The smallest absolute Gasteiger partial charge is 0.0233 e. The quantitative estimate of drug-likeness (QED) is 0.624. The van der Waals surface area contributed by atoms with Gasteiger partial charge in [0.1, 0.15) is 0 Å². The van der Waals surface area contributed by atoms with E-state index in [1.165, 1.54) is 31.4 Å². The molecule has 0 spiro atoms. The summed E-state index contributed by atoms with van der Waals surface area (Å²) in [6, 6.07) is 4.81. The van der Waals surface area contributed by atoms with Crippen LogP contribution in [0.3, 0.4) is 0 Å². The number of benzene rings is 1. The van der Waals surface area contributed by atoms with Crippen molar-refractivity contribution in [1.29, 1.82) is 0 Å². The fraction of sp³-hybridized carbons (Fsp3) is 0.571. The Morgan fingerprint density at radius 3 is 2.93 bits per heavy atom. The van der Waals surface area contributed by atoms with Crippen LogP contribution >= 0.6 is 0 Å². The summed E-state index contributed by atoms with van der Waals surface area (Å²) in [4.78, 5) is 2.47. The summed E-state index contributed by atoms with van der Waals surface area (Å²) in [6.07, 6.45) is 4.09. The van der Waals surface area contributed by atoms with E-state index < -0.39 is 0 Å². The number of rotatable bonds is 0. The molecule has 1 aromatic carbocycles. The predicted molar refractivity (Wildman–Crippen MR) is 63.2 cm³/mol. The van der Waals surface area contributed by atoms with Crippen LogP contribution in [0, 0.1) is 6.92 Å². The van der Waals surface area contributed by atoms with Gasteiger partial charge in [0.15, 0.2) is 0 Å². The van der Waals surface area contributed by atoms with Gasteiger partial charge in [-0.15, -0.1) is 0 Å². The van der Waals surface area contributed by atoms with Crippen LogP contribution in [0.2, 0.25) is 0 Å². The minimum atomic E-state index is 0.822. The molecule has 1 aliphatic carbocycles. The van der Waals surface area contributed by atoms with E-state index in [9.17, 15) is 0 Å².